The summed E-state index contributed by atoms with van der Waals surface area (Å²) in [5.74, 6) is 1.98. The molecule has 0 N–H and O–H groups in total. The highest BCUT2D eigenvalue weighted by molar-refractivity contribution is 6.07. The fourth-order valence-corrected chi connectivity index (χ4v) is 6.53. The molecule has 3 nitrogen and oxygen atoms in total. The van der Waals surface area contributed by atoms with Crippen molar-refractivity contribution in [1.29, 1.82) is 0 Å². The van der Waals surface area contributed by atoms with Crippen LogP contribution in [0.15, 0.2) is 71.4 Å². The van der Waals surface area contributed by atoms with Crippen molar-refractivity contribution in [3.05, 3.63) is 83.7 Å². The Morgan fingerprint density at radius 1 is 0.917 bits per heavy atom. The molecular weight excluding hydrogens is 440 g/mol. The number of para-hydroxylation sites is 1. The second-order valence-electron chi connectivity index (χ2n) is 11.1. The minimum Gasteiger partial charge on any atom is -0.456 e. The van der Waals surface area contributed by atoms with E-state index in [-0.39, 0.29) is 5.54 Å². The topological polar surface area (TPSA) is 21.9 Å². The Morgan fingerprint density at radius 3 is 2.36 bits per heavy atom. The lowest BCUT2D eigenvalue weighted by Crippen LogP contribution is -2.59. The number of imidazole rings is 1. The molecule has 3 aromatic carbocycles. The van der Waals surface area contributed by atoms with Gasteiger partial charge in [-0.3, -0.25) is 0 Å². The zero-order chi connectivity index (χ0) is 25.2. The van der Waals surface area contributed by atoms with Crippen molar-refractivity contribution >= 4 is 21.9 Å². The van der Waals surface area contributed by atoms with Crippen LogP contribution < -0.4 is 4.57 Å². The summed E-state index contributed by atoms with van der Waals surface area (Å²) in [4.78, 5) is 0. The van der Waals surface area contributed by atoms with Gasteiger partial charge in [0.1, 0.15) is 34.8 Å². The van der Waals surface area contributed by atoms with Gasteiger partial charge in [0.05, 0.1) is 5.56 Å². The lowest BCUT2D eigenvalue weighted by Gasteiger charge is -2.34. The van der Waals surface area contributed by atoms with Crippen molar-refractivity contribution in [3.63, 3.8) is 0 Å². The Morgan fingerprint density at radius 2 is 1.64 bits per heavy atom. The quantitative estimate of drug-likeness (QED) is 0.232. The molecule has 0 bridgehead atoms. The molecule has 0 saturated heterocycles. The van der Waals surface area contributed by atoms with E-state index in [1.54, 1.807) is 0 Å². The number of rotatable bonds is 5. The highest BCUT2D eigenvalue weighted by atomic mass is 16.3. The summed E-state index contributed by atoms with van der Waals surface area (Å²) < 4.78 is 11.7. The highest BCUT2D eigenvalue weighted by Gasteiger charge is 2.44. The van der Waals surface area contributed by atoms with Crippen LogP contribution in [-0.2, 0) is 12.0 Å². The lowest BCUT2D eigenvalue weighted by molar-refractivity contribution is -0.757. The highest BCUT2D eigenvalue weighted by Crippen LogP contribution is 2.44. The van der Waals surface area contributed by atoms with Crippen LogP contribution in [0.5, 0.6) is 0 Å². The van der Waals surface area contributed by atoms with Crippen molar-refractivity contribution < 1.29 is 8.98 Å². The predicted molar refractivity (Wildman–Crippen MR) is 149 cm³/mol. The molecule has 0 amide bonds. The van der Waals surface area contributed by atoms with E-state index in [0.29, 0.717) is 11.8 Å². The molecule has 0 fully saturated rings. The molecule has 0 atom stereocenters. The van der Waals surface area contributed by atoms with E-state index in [1.165, 1.54) is 44.5 Å². The standard InChI is InChI=1S/C33H37N2O/c1-7-33(8-2)20-23-13-9-10-14-24(23)32-34(17-18-35(32)33)30-26(21(3)4)19-27-25-15-11-12-16-28(25)36-31(27)29(30)22(5)6/h9-19,21-22H,7-8,20H2,1-6H3/q+1. The molecule has 0 saturated carbocycles. The summed E-state index contributed by atoms with van der Waals surface area (Å²) >= 11 is 0. The first-order chi connectivity index (χ1) is 17.4. The van der Waals surface area contributed by atoms with Crippen molar-refractivity contribution in [3.8, 4) is 17.1 Å². The maximum atomic E-state index is 6.60. The number of fused-ring (bicyclic) bond motifs is 6. The number of aromatic nitrogens is 2. The van der Waals surface area contributed by atoms with Crippen LogP contribution in [0.1, 0.15) is 82.9 Å². The number of hydrogen-bond donors (Lipinski definition) is 0. The van der Waals surface area contributed by atoms with Gasteiger partial charge in [-0.1, -0.05) is 77.9 Å². The van der Waals surface area contributed by atoms with Gasteiger partial charge in [-0.2, -0.15) is 4.57 Å². The van der Waals surface area contributed by atoms with Crippen molar-refractivity contribution in [2.45, 2.75) is 78.2 Å². The molecule has 6 rings (SSSR count). The van der Waals surface area contributed by atoms with Crippen molar-refractivity contribution in [1.82, 2.24) is 4.57 Å². The van der Waals surface area contributed by atoms with Gasteiger partial charge < -0.3 is 4.42 Å². The summed E-state index contributed by atoms with van der Waals surface area (Å²) in [6.45, 7) is 13.9. The van der Waals surface area contributed by atoms with Gasteiger partial charge in [-0.25, -0.2) is 4.57 Å². The van der Waals surface area contributed by atoms with E-state index in [2.05, 4.69) is 118 Å². The molecule has 3 heterocycles. The molecule has 1 aliphatic rings. The zero-order valence-electron chi connectivity index (χ0n) is 22.4. The first-order valence-electron chi connectivity index (χ1n) is 13.6. The number of hydrogen-bond acceptors (Lipinski definition) is 1. The monoisotopic (exact) mass is 477 g/mol. The molecule has 0 spiro atoms. The van der Waals surface area contributed by atoms with Gasteiger partial charge in [0.25, 0.3) is 5.82 Å². The Kier molecular flexibility index (Phi) is 5.37. The smallest absolute Gasteiger partial charge is 0.294 e. The Labute approximate surface area is 214 Å². The van der Waals surface area contributed by atoms with Gasteiger partial charge in [0, 0.05) is 28.3 Å². The van der Waals surface area contributed by atoms with Crippen LogP contribution >= 0.6 is 0 Å². The van der Waals surface area contributed by atoms with Gasteiger partial charge in [-0.15, -0.1) is 0 Å². The molecule has 1 aliphatic heterocycles. The molecule has 2 aromatic heterocycles. The van der Waals surface area contributed by atoms with E-state index >= 15 is 0 Å². The first kappa shape index (κ1) is 23.1. The van der Waals surface area contributed by atoms with E-state index < -0.39 is 0 Å². The van der Waals surface area contributed by atoms with Crippen LogP contribution in [0, 0.1) is 0 Å². The minimum absolute atomic E-state index is 0.0917. The van der Waals surface area contributed by atoms with E-state index in [0.717, 1.165) is 30.4 Å². The third kappa shape index (κ3) is 3.14. The van der Waals surface area contributed by atoms with Crippen LogP contribution in [-0.4, -0.2) is 4.57 Å². The molecule has 184 valence electrons. The van der Waals surface area contributed by atoms with E-state index in [1.807, 2.05) is 0 Å². The molecule has 0 aliphatic carbocycles. The number of furan rings is 1. The van der Waals surface area contributed by atoms with Gasteiger partial charge in [-0.05, 0) is 48.4 Å². The fraction of sp³-hybridized carbons (Fsp3) is 0.364. The Hall–Kier alpha value is -3.33. The summed E-state index contributed by atoms with van der Waals surface area (Å²) in [6.07, 6.45) is 7.93. The second kappa shape index (κ2) is 8.37. The number of benzene rings is 3. The predicted octanol–water partition coefficient (Wildman–Crippen LogP) is 8.65. The Balaban J connectivity index is 1.76. The summed E-state index contributed by atoms with van der Waals surface area (Å²) in [6, 6.07) is 19.9. The van der Waals surface area contributed by atoms with Crippen LogP contribution in [0.3, 0.4) is 0 Å². The molecule has 36 heavy (non-hydrogen) atoms. The summed E-state index contributed by atoms with van der Waals surface area (Å²) in [5.41, 5.74) is 8.83. The van der Waals surface area contributed by atoms with Crippen molar-refractivity contribution in [2.24, 2.45) is 0 Å². The largest absolute Gasteiger partial charge is 0.456 e. The summed E-state index contributed by atoms with van der Waals surface area (Å²) in [5, 5.41) is 2.43. The van der Waals surface area contributed by atoms with Crippen LogP contribution in [0.25, 0.3) is 39.0 Å². The lowest BCUT2D eigenvalue weighted by atomic mass is 9.80. The molecule has 3 heteroatoms. The van der Waals surface area contributed by atoms with Crippen LogP contribution in [0.4, 0.5) is 0 Å². The first-order valence-corrected chi connectivity index (χ1v) is 13.6. The number of nitrogens with zero attached hydrogens (tertiary/aromatic N) is 2. The van der Waals surface area contributed by atoms with Crippen molar-refractivity contribution in [2.75, 3.05) is 0 Å². The fourth-order valence-electron chi connectivity index (χ4n) is 6.53. The SMILES string of the molecule is CCC1(CC)Cc2ccccc2-c2n(-c3c(C(C)C)cc4c(oc5ccccc54)c3C(C)C)cc[n+]21. The summed E-state index contributed by atoms with van der Waals surface area (Å²) in [7, 11) is 0. The third-order valence-corrected chi connectivity index (χ3v) is 8.57. The maximum Gasteiger partial charge on any atom is 0.294 e. The average molecular weight is 478 g/mol. The molecular formula is C33H37N2O+. The molecule has 0 radical (unpaired) electrons. The van der Waals surface area contributed by atoms with E-state index in [4.69, 9.17) is 4.42 Å². The van der Waals surface area contributed by atoms with Gasteiger partial charge >= 0.3 is 0 Å². The molecule has 5 aromatic rings. The van der Waals surface area contributed by atoms with Crippen LogP contribution in [0.2, 0.25) is 0 Å². The second-order valence-corrected chi connectivity index (χ2v) is 11.1. The third-order valence-electron chi connectivity index (χ3n) is 8.57. The van der Waals surface area contributed by atoms with Gasteiger partial charge in [0.15, 0.2) is 0 Å². The normalized spacial score (nSPS) is 14.7. The van der Waals surface area contributed by atoms with E-state index in [9.17, 15) is 0 Å². The molecule has 0 unspecified atom stereocenters. The Bertz CT molecular complexity index is 1590. The average Bonchev–Trinajstić information content (AvgIpc) is 3.49. The minimum atomic E-state index is 0.0917. The van der Waals surface area contributed by atoms with Gasteiger partial charge in [0.2, 0.25) is 0 Å². The maximum absolute atomic E-state index is 6.60. The zero-order valence-corrected chi connectivity index (χ0v) is 22.4.